The third-order valence-electron chi connectivity index (χ3n) is 1.90. The monoisotopic (exact) mass is 222 g/mol. The molecular weight excluding hydrogens is 208 g/mol. The summed E-state index contributed by atoms with van der Waals surface area (Å²) in [5.41, 5.74) is 1.07. The van der Waals surface area contributed by atoms with Crippen LogP contribution >= 0.6 is 0 Å². The minimum Gasteiger partial charge on any atom is -0.465 e. The molecule has 1 aromatic carbocycles. The van der Waals surface area contributed by atoms with Gasteiger partial charge >= 0.3 is 12.0 Å². The summed E-state index contributed by atoms with van der Waals surface area (Å²) in [5.74, 6) is -0.399. The first-order chi connectivity index (χ1) is 7.67. The van der Waals surface area contributed by atoms with Crippen LogP contribution < -0.4 is 10.6 Å². The van der Waals surface area contributed by atoms with Gasteiger partial charge in [0, 0.05) is 12.2 Å². The number of esters is 1. The molecule has 0 saturated heterocycles. The van der Waals surface area contributed by atoms with Crippen molar-refractivity contribution in [3.05, 3.63) is 29.8 Å². The van der Waals surface area contributed by atoms with Gasteiger partial charge in [-0.15, -0.1) is 0 Å². The van der Waals surface area contributed by atoms with Gasteiger partial charge in [0.15, 0.2) is 0 Å². The molecule has 5 heteroatoms. The van der Waals surface area contributed by atoms with E-state index in [0.717, 1.165) is 0 Å². The van der Waals surface area contributed by atoms with Crippen molar-refractivity contribution in [2.75, 3.05) is 19.0 Å². The first-order valence-corrected chi connectivity index (χ1v) is 4.90. The lowest BCUT2D eigenvalue weighted by Gasteiger charge is -2.06. The number of benzene rings is 1. The van der Waals surface area contributed by atoms with Gasteiger partial charge in [-0.2, -0.15) is 0 Å². The molecule has 0 bridgehead atoms. The zero-order chi connectivity index (χ0) is 12.0. The summed E-state index contributed by atoms with van der Waals surface area (Å²) in [7, 11) is 1.32. The Kier molecular flexibility index (Phi) is 4.32. The molecule has 0 aliphatic carbocycles. The van der Waals surface area contributed by atoms with Crippen LogP contribution in [0.1, 0.15) is 17.3 Å². The number of urea groups is 1. The summed E-state index contributed by atoms with van der Waals surface area (Å²) < 4.78 is 4.56. The standard InChI is InChI=1S/C11H14N2O3/c1-3-12-11(15)13-9-6-4-8(5-7-9)10(14)16-2/h4-7H,3H2,1-2H3,(H2,12,13,15). The zero-order valence-corrected chi connectivity index (χ0v) is 9.24. The molecule has 0 atom stereocenters. The number of hydrogen-bond donors (Lipinski definition) is 2. The van der Waals surface area contributed by atoms with Crippen LogP contribution in [0.25, 0.3) is 0 Å². The van der Waals surface area contributed by atoms with Crippen molar-refractivity contribution in [2.24, 2.45) is 0 Å². The maximum absolute atomic E-state index is 11.2. The molecule has 0 heterocycles. The average molecular weight is 222 g/mol. The zero-order valence-electron chi connectivity index (χ0n) is 9.24. The molecule has 0 spiro atoms. The highest BCUT2D eigenvalue weighted by atomic mass is 16.5. The van der Waals surface area contributed by atoms with E-state index in [-0.39, 0.29) is 6.03 Å². The molecule has 0 aliphatic heterocycles. The Labute approximate surface area is 93.8 Å². The van der Waals surface area contributed by atoms with Crippen molar-refractivity contribution >= 4 is 17.7 Å². The molecule has 16 heavy (non-hydrogen) atoms. The van der Waals surface area contributed by atoms with Crippen LogP contribution in [0.15, 0.2) is 24.3 Å². The van der Waals surface area contributed by atoms with Crippen molar-refractivity contribution in [3.63, 3.8) is 0 Å². The van der Waals surface area contributed by atoms with E-state index in [1.165, 1.54) is 7.11 Å². The Bertz CT molecular complexity index is 373. The summed E-state index contributed by atoms with van der Waals surface area (Å²) >= 11 is 0. The van der Waals surface area contributed by atoms with Gasteiger partial charge in [0.2, 0.25) is 0 Å². The first kappa shape index (κ1) is 12.0. The smallest absolute Gasteiger partial charge is 0.337 e. The number of methoxy groups -OCH3 is 1. The van der Waals surface area contributed by atoms with Gasteiger partial charge in [0.1, 0.15) is 0 Å². The second kappa shape index (κ2) is 5.75. The van der Waals surface area contributed by atoms with E-state index in [1.54, 1.807) is 24.3 Å². The lowest BCUT2D eigenvalue weighted by Crippen LogP contribution is -2.28. The number of rotatable bonds is 3. The summed E-state index contributed by atoms with van der Waals surface area (Å²) in [4.78, 5) is 22.3. The largest absolute Gasteiger partial charge is 0.465 e. The van der Waals surface area contributed by atoms with E-state index >= 15 is 0 Å². The highest BCUT2D eigenvalue weighted by molar-refractivity contribution is 5.92. The molecule has 5 nitrogen and oxygen atoms in total. The van der Waals surface area contributed by atoms with E-state index in [0.29, 0.717) is 17.8 Å². The van der Waals surface area contributed by atoms with Gasteiger partial charge in [0.25, 0.3) is 0 Å². The number of carbonyl (C=O) groups is 2. The Balaban J connectivity index is 2.64. The molecule has 2 N–H and O–H groups in total. The van der Waals surface area contributed by atoms with Crippen LogP contribution in [0.5, 0.6) is 0 Å². The van der Waals surface area contributed by atoms with Crippen molar-refractivity contribution in [2.45, 2.75) is 6.92 Å². The van der Waals surface area contributed by atoms with Gasteiger partial charge in [-0.1, -0.05) is 0 Å². The Morgan fingerprint density at radius 1 is 1.25 bits per heavy atom. The topological polar surface area (TPSA) is 67.4 Å². The Morgan fingerprint density at radius 2 is 1.88 bits per heavy atom. The quantitative estimate of drug-likeness (QED) is 0.763. The number of anilines is 1. The predicted octanol–water partition coefficient (Wildman–Crippen LogP) is 1.61. The van der Waals surface area contributed by atoms with Crippen molar-refractivity contribution in [1.82, 2.24) is 5.32 Å². The fraction of sp³-hybridized carbons (Fsp3) is 0.273. The number of amides is 2. The second-order valence-corrected chi connectivity index (χ2v) is 3.05. The SMILES string of the molecule is CCNC(=O)Nc1ccc(C(=O)OC)cc1. The third-order valence-corrected chi connectivity index (χ3v) is 1.90. The van der Waals surface area contributed by atoms with E-state index in [9.17, 15) is 9.59 Å². The lowest BCUT2D eigenvalue weighted by atomic mass is 10.2. The molecule has 0 saturated carbocycles. The van der Waals surface area contributed by atoms with Crippen LogP contribution in [0.4, 0.5) is 10.5 Å². The first-order valence-electron chi connectivity index (χ1n) is 4.90. The van der Waals surface area contributed by atoms with Gasteiger partial charge in [-0.05, 0) is 31.2 Å². The summed E-state index contributed by atoms with van der Waals surface area (Å²) in [6.45, 7) is 2.39. The maximum atomic E-state index is 11.2. The minimum absolute atomic E-state index is 0.270. The molecule has 2 amide bonds. The second-order valence-electron chi connectivity index (χ2n) is 3.05. The van der Waals surface area contributed by atoms with Gasteiger partial charge in [0.05, 0.1) is 12.7 Å². The summed E-state index contributed by atoms with van der Waals surface area (Å²) in [5, 5.41) is 5.23. The number of ether oxygens (including phenoxy) is 1. The van der Waals surface area contributed by atoms with Gasteiger partial charge in [-0.3, -0.25) is 0 Å². The molecule has 1 rings (SSSR count). The van der Waals surface area contributed by atoms with Crippen LogP contribution in [0, 0.1) is 0 Å². The van der Waals surface area contributed by atoms with E-state index in [1.807, 2.05) is 6.92 Å². The number of carbonyl (C=O) groups excluding carboxylic acids is 2. The lowest BCUT2D eigenvalue weighted by molar-refractivity contribution is 0.0601. The van der Waals surface area contributed by atoms with Crippen LogP contribution in [0.3, 0.4) is 0 Å². The normalized spacial score (nSPS) is 9.38. The molecule has 0 fully saturated rings. The summed E-state index contributed by atoms with van der Waals surface area (Å²) in [6.07, 6.45) is 0. The van der Waals surface area contributed by atoms with Crippen LogP contribution in [-0.2, 0) is 4.74 Å². The minimum atomic E-state index is -0.399. The van der Waals surface area contributed by atoms with Gasteiger partial charge in [-0.25, -0.2) is 9.59 Å². The average Bonchev–Trinajstić information content (AvgIpc) is 2.29. The molecule has 0 radical (unpaired) electrons. The highest BCUT2D eigenvalue weighted by Crippen LogP contribution is 2.09. The van der Waals surface area contributed by atoms with E-state index in [4.69, 9.17) is 0 Å². The van der Waals surface area contributed by atoms with Crippen LogP contribution in [-0.4, -0.2) is 25.7 Å². The fourth-order valence-electron chi connectivity index (χ4n) is 1.14. The Hall–Kier alpha value is -2.04. The molecule has 0 aromatic heterocycles. The third kappa shape index (κ3) is 3.27. The van der Waals surface area contributed by atoms with Crippen molar-refractivity contribution < 1.29 is 14.3 Å². The summed E-state index contributed by atoms with van der Waals surface area (Å²) in [6, 6.07) is 6.19. The maximum Gasteiger partial charge on any atom is 0.337 e. The predicted molar refractivity (Wildman–Crippen MR) is 60.5 cm³/mol. The Morgan fingerprint density at radius 3 is 2.38 bits per heavy atom. The van der Waals surface area contributed by atoms with Crippen molar-refractivity contribution in [3.8, 4) is 0 Å². The number of hydrogen-bond acceptors (Lipinski definition) is 3. The van der Waals surface area contributed by atoms with Crippen molar-refractivity contribution in [1.29, 1.82) is 0 Å². The molecule has 1 aromatic rings. The molecular formula is C11H14N2O3. The van der Waals surface area contributed by atoms with E-state index in [2.05, 4.69) is 15.4 Å². The molecule has 0 aliphatic rings. The molecule has 86 valence electrons. The van der Waals surface area contributed by atoms with E-state index < -0.39 is 5.97 Å². The fourth-order valence-corrected chi connectivity index (χ4v) is 1.14. The van der Waals surface area contributed by atoms with Crippen LogP contribution in [0.2, 0.25) is 0 Å². The van der Waals surface area contributed by atoms with Gasteiger partial charge < -0.3 is 15.4 Å². The molecule has 0 unspecified atom stereocenters. The highest BCUT2D eigenvalue weighted by Gasteiger charge is 2.05. The number of nitrogens with one attached hydrogen (secondary N) is 2.